The molecule has 0 amide bonds. The van der Waals surface area contributed by atoms with Crippen molar-refractivity contribution in [1.29, 1.82) is 0 Å². The lowest BCUT2D eigenvalue weighted by Crippen LogP contribution is -2.53. The average Bonchev–Trinajstić information content (AvgIpc) is 2.99. The van der Waals surface area contributed by atoms with E-state index >= 15 is 0 Å². The third kappa shape index (κ3) is 7.20. The Balaban J connectivity index is 1.87. The Labute approximate surface area is 261 Å². The maximum Gasteiger partial charge on any atom is 0.452 e. The molecular weight excluding hydrogens is 526 g/mol. The van der Waals surface area contributed by atoms with E-state index < -0.39 is 0 Å². The van der Waals surface area contributed by atoms with Crippen LogP contribution in [0, 0.1) is 20.8 Å². The van der Waals surface area contributed by atoms with Crippen LogP contribution in [-0.2, 0) is 15.9 Å². The fraction of sp³-hybridized carbons (Fsp3) is 0.351. The van der Waals surface area contributed by atoms with Crippen molar-refractivity contribution in [3.05, 3.63) is 118 Å². The van der Waals surface area contributed by atoms with Gasteiger partial charge in [0.15, 0.2) is 0 Å². The molecule has 0 saturated heterocycles. The third-order valence-electron chi connectivity index (χ3n) is 8.47. The molecule has 0 heterocycles. The fourth-order valence-corrected chi connectivity index (χ4v) is 6.47. The number of rotatable bonds is 12. The number of hydrogen-bond acceptors (Lipinski definition) is 4. The number of para-hydroxylation sites is 2. The predicted molar refractivity (Wildman–Crippen MR) is 188 cm³/mol. The molecule has 0 aromatic heterocycles. The van der Waals surface area contributed by atoms with E-state index in [0.29, 0.717) is 18.4 Å². The minimum absolute atomic E-state index is 0.207. The lowest BCUT2D eigenvalue weighted by Gasteiger charge is -2.34. The molecule has 0 atom stereocenters. The van der Waals surface area contributed by atoms with Crippen molar-refractivity contribution >= 4 is 36.4 Å². The standard InChI is InChI=1S/C37H48B2N2O2/c1-26(2)34-23-31(24-35(27(3)4)37(34)38(42-9)40(8)32-17-13-11-14-18-32)25-41(33-19-15-12-16-20-33)39(43-10)36-29(6)21-28(5)22-30(36)7/h11-24,26-27H,25H2,1-10H3. The van der Waals surface area contributed by atoms with Gasteiger partial charge in [-0.2, -0.15) is 0 Å². The minimum atomic E-state index is -0.233. The first kappa shape index (κ1) is 32.4. The molecule has 0 radical (unpaired) electrons. The van der Waals surface area contributed by atoms with E-state index in [1.165, 1.54) is 44.3 Å². The lowest BCUT2D eigenvalue weighted by molar-refractivity contribution is 0.425. The zero-order chi connectivity index (χ0) is 31.3. The van der Waals surface area contributed by atoms with Gasteiger partial charge in [0.1, 0.15) is 0 Å². The molecule has 0 aliphatic heterocycles. The first-order valence-electron chi connectivity index (χ1n) is 15.5. The summed E-state index contributed by atoms with van der Waals surface area (Å²) in [7, 11) is 5.32. The quantitative estimate of drug-likeness (QED) is 0.165. The Morgan fingerprint density at radius 2 is 1.09 bits per heavy atom. The number of hydrogen-bond donors (Lipinski definition) is 0. The van der Waals surface area contributed by atoms with Crippen LogP contribution in [0.2, 0.25) is 0 Å². The average molecular weight is 574 g/mol. The molecule has 224 valence electrons. The molecule has 0 N–H and O–H groups in total. The van der Waals surface area contributed by atoms with Crippen LogP contribution in [-0.4, -0.2) is 35.4 Å². The minimum Gasteiger partial charge on any atom is -0.415 e. The van der Waals surface area contributed by atoms with E-state index in [-0.39, 0.29) is 14.1 Å². The molecule has 0 saturated carbocycles. The highest BCUT2D eigenvalue weighted by Crippen LogP contribution is 2.28. The third-order valence-corrected chi connectivity index (χ3v) is 8.47. The highest BCUT2D eigenvalue weighted by Gasteiger charge is 2.34. The van der Waals surface area contributed by atoms with Crippen molar-refractivity contribution in [3.63, 3.8) is 0 Å². The Hall–Kier alpha value is -3.47. The summed E-state index contributed by atoms with van der Waals surface area (Å²) in [5.74, 6) is 0.638. The topological polar surface area (TPSA) is 24.9 Å². The highest BCUT2D eigenvalue weighted by atomic mass is 16.4. The van der Waals surface area contributed by atoms with Gasteiger partial charge in [-0.15, -0.1) is 0 Å². The van der Waals surface area contributed by atoms with Gasteiger partial charge >= 0.3 is 14.1 Å². The van der Waals surface area contributed by atoms with Crippen LogP contribution in [0.5, 0.6) is 0 Å². The maximum absolute atomic E-state index is 6.34. The molecule has 43 heavy (non-hydrogen) atoms. The van der Waals surface area contributed by atoms with Crippen molar-refractivity contribution < 1.29 is 9.31 Å². The SMILES string of the molecule is COB(c1c(C(C)C)cc(CN(B(OC)c2c(C)cc(C)cc2C)c2ccccc2)cc1C(C)C)N(C)c1ccccc1. The zero-order valence-electron chi connectivity index (χ0n) is 27.8. The van der Waals surface area contributed by atoms with Gasteiger partial charge in [-0.25, -0.2) is 0 Å². The maximum atomic E-state index is 6.34. The van der Waals surface area contributed by atoms with E-state index in [4.69, 9.17) is 9.31 Å². The first-order valence-corrected chi connectivity index (χ1v) is 15.5. The van der Waals surface area contributed by atoms with Crippen LogP contribution >= 0.6 is 0 Å². The summed E-state index contributed by atoms with van der Waals surface area (Å²) < 4.78 is 12.6. The van der Waals surface area contributed by atoms with Crippen molar-refractivity contribution in [3.8, 4) is 0 Å². The van der Waals surface area contributed by atoms with Gasteiger partial charge in [0.2, 0.25) is 0 Å². The summed E-state index contributed by atoms with van der Waals surface area (Å²) in [4.78, 5) is 4.64. The van der Waals surface area contributed by atoms with E-state index in [2.05, 4.69) is 150 Å². The Bertz CT molecular complexity index is 1440. The largest absolute Gasteiger partial charge is 0.452 e. The second-order valence-electron chi connectivity index (χ2n) is 12.4. The number of benzene rings is 4. The summed E-state index contributed by atoms with van der Waals surface area (Å²) in [5, 5.41) is 0. The van der Waals surface area contributed by atoms with Crippen LogP contribution in [0.1, 0.15) is 72.9 Å². The van der Waals surface area contributed by atoms with Gasteiger partial charge in [0.05, 0.1) is 0 Å². The van der Waals surface area contributed by atoms with Crippen molar-refractivity contribution in [1.82, 2.24) is 0 Å². The molecular formula is C37H48B2N2O2. The van der Waals surface area contributed by atoms with Gasteiger partial charge in [0.25, 0.3) is 0 Å². The van der Waals surface area contributed by atoms with Gasteiger partial charge in [-0.05, 0) is 91.5 Å². The van der Waals surface area contributed by atoms with Crippen LogP contribution in [0.4, 0.5) is 11.4 Å². The Morgan fingerprint density at radius 3 is 1.53 bits per heavy atom. The van der Waals surface area contributed by atoms with Crippen molar-refractivity contribution in [2.75, 3.05) is 30.9 Å². The first-order chi connectivity index (χ1) is 20.6. The molecule has 0 spiro atoms. The van der Waals surface area contributed by atoms with Crippen LogP contribution in [0.15, 0.2) is 84.9 Å². The summed E-state index contributed by atoms with van der Waals surface area (Å²) in [5.41, 5.74) is 12.4. The van der Waals surface area contributed by atoms with Crippen LogP contribution < -0.4 is 20.5 Å². The number of aryl methyl sites for hydroxylation is 3. The molecule has 0 aliphatic carbocycles. The molecule has 4 rings (SSSR count). The van der Waals surface area contributed by atoms with E-state index in [0.717, 1.165) is 11.4 Å². The molecule has 4 aromatic rings. The molecule has 4 aromatic carbocycles. The van der Waals surface area contributed by atoms with E-state index in [1.807, 2.05) is 14.2 Å². The van der Waals surface area contributed by atoms with Gasteiger partial charge in [-0.3, -0.25) is 0 Å². The summed E-state index contributed by atoms with van der Waals surface area (Å²) in [6.45, 7) is 16.4. The Kier molecular flexibility index (Phi) is 10.8. The van der Waals surface area contributed by atoms with E-state index in [1.54, 1.807) is 0 Å². The molecule has 4 nitrogen and oxygen atoms in total. The van der Waals surface area contributed by atoms with E-state index in [9.17, 15) is 0 Å². The predicted octanol–water partition coefficient (Wildman–Crippen LogP) is 7.39. The lowest BCUT2D eigenvalue weighted by atomic mass is 9.63. The van der Waals surface area contributed by atoms with Crippen molar-refractivity contribution in [2.24, 2.45) is 0 Å². The smallest absolute Gasteiger partial charge is 0.415 e. The monoisotopic (exact) mass is 574 g/mol. The summed E-state index contributed by atoms with van der Waals surface area (Å²) in [6, 6.07) is 30.5. The van der Waals surface area contributed by atoms with Crippen LogP contribution in [0.3, 0.4) is 0 Å². The molecule has 0 fully saturated rings. The summed E-state index contributed by atoms with van der Waals surface area (Å²) >= 11 is 0. The van der Waals surface area contributed by atoms with Gasteiger partial charge in [-0.1, -0.05) is 105 Å². The van der Waals surface area contributed by atoms with Crippen molar-refractivity contribution in [2.45, 2.75) is 66.8 Å². The second kappa shape index (κ2) is 14.3. The molecule has 0 bridgehead atoms. The highest BCUT2D eigenvalue weighted by molar-refractivity contribution is 6.72. The zero-order valence-corrected chi connectivity index (χ0v) is 27.8. The molecule has 6 heteroatoms. The molecule has 0 aliphatic rings. The second-order valence-corrected chi connectivity index (χ2v) is 12.4. The molecule has 0 unspecified atom stereocenters. The number of nitrogens with zero attached hydrogens (tertiary/aromatic N) is 2. The number of anilines is 2. The Morgan fingerprint density at radius 1 is 0.628 bits per heavy atom. The summed E-state index contributed by atoms with van der Waals surface area (Å²) in [6.07, 6.45) is 0. The van der Waals surface area contributed by atoms with Gasteiger partial charge < -0.3 is 18.9 Å². The van der Waals surface area contributed by atoms with Gasteiger partial charge in [0, 0.05) is 32.1 Å². The normalized spacial score (nSPS) is 11.3. The van der Waals surface area contributed by atoms with Crippen LogP contribution in [0.25, 0.3) is 0 Å². The fourth-order valence-electron chi connectivity index (χ4n) is 6.47.